The van der Waals surface area contributed by atoms with Crippen molar-refractivity contribution in [1.29, 1.82) is 0 Å². The highest BCUT2D eigenvalue weighted by atomic mass is 16.6. The fourth-order valence-corrected chi connectivity index (χ4v) is 2.36. The van der Waals surface area contributed by atoms with Crippen LogP contribution in [0.5, 0.6) is 11.5 Å². The van der Waals surface area contributed by atoms with E-state index in [1.807, 2.05) is 0 Å². The van der Waals surface area contributed by atoms with E-state index in [0.717, 1.165) is 0 Å². The molecule has 2 rings (SSSR count). The first kappa shape index (κ1) is 17.3. The van der Waals surface area contributed by atoms with Crippen LogP contribution in [-0.2, 0) is 6.42 Å². The molecular weight excluding hydrogens is 318 g/mol. The highest BCUT2D eigenvalue weighted by molar-refractivity contribution is 5.55. The number of H-pyrrole nitrogens is 2. The molecule has 1 aromatic heterocycles. The summed E-state index contributed by atoms with van der Waals surface area (Å²) in [5.41, 5.74) is -0.526. The molecule has 0 spiro atoms. The Morgan fingerprint density at radius 3 is 2.46 bits per heavy atom. The maximum atomic E-state index is 12.0. The second-order valence-electron chi connectivity index (χ2n) is 5.01. The average molecular weight is 335 g/mol. The van der Waals surface area contributed by atoms with Gasteiger partial charge in [-0.1, -0.05) is 0 Å². The molecule has 24 heavy (non-hydrogen) atoms. The minimum atomic E-state index is -0.625. The van der Waals surface area contributed by atoms with E-state index in [9.17, 15) is 19.7 Å². The molecule has 0 bridgehead atoms. The van der Waals surface area contributed by atoms with Gasteiger partial charge >= 0.3 is 5.69 Å². The molecule has 0 fully saturated rings. The molecule has 9 heteroatoms. The normalized spacial score (nSPS) is 10.5. The predicted octanol–water partition coefficient (Wildman–Crippen LogP) is 1.28. The van der Waals surface area contributed by atoms with E-state index in [0.29, 0.717) is 18.1 Å². The zero-order valence-corrected chi connectivity index (χ0v) is 13.5. The molecule has 0 aliphatic rings. The van der Waals surface area contributed by atoms with Crippen LogP contribution in [-0.4, -0.2) is 28.6 Å². The molecule has 1 heterocycles. The average Bonchev–Trinajstić information content (AvgIpc) is 2.51. The summed E-state index contributed by atoms with van der Waals surface area (Å²) in [7, 11) is 1.39. The maximum Gasteiger partial charge on any atom is 0.325 e. The second-order valence-corrected chi connectivity index (χ2v) is 5.01. The summed E-state index contributed by atoms with van der Waals surface area (Å²) in [6, 6.07) is 2.74. The standard InChI is InChI=1S/C15H17N3O6/c1-4-24-13-6-9(11(18(21)22)7-12(13)23-3)5-10-8(2)16-15(20)17-14(10)19/h6-7H,4-5H2,1-3H3,(H2,16,17,19,20). The molecule has 0 aliphatic carbocycles. The van der Waals surface area contributed by atoms with Crippen molar-refractivity contribution in [3.8, 4) is 11.5 Å². The van der Waals surface area contributed by atoms with Crippen LogP contribution in [0.4, 0.5) is 5.69 Å². The molecular formula is C15H17N3O6. The molecule has 9 nitrogen and oxygen atoms in total. The summed E-state index contributed by atoms with van der Waals surface area (Å²) in [6.45, 7) is 3.69. The Bertz CT molecular complexity index is 884. The van der Waals surface area contributed by atoms with Gasteiger partial charge in [-0.25, -0.2) is 4.79 Å². The third-order valence-electron chi connectivity index (χ3n) is 3.48. The molecule has 0 radical (unpaired) electrons. The van der Waals surface area contributed by atoms with Crippen molar-refractivity contribution in [2.45, 2.75) is 20.3 Å². The van der Waals surface area contributed by atoms with Crippen LogP contribution in [0.2, 0.25) is 0 Å². The molecule has 128 valence electrons. The molecule has 0 amide bonds. The topological polar surface area (TPSA) is 127 Å². The number of nitro groups is 1. The zero-order valence-electron chi connectivity index (χ0n) is 13.5. The predicted molar refractivity (Wildman–Crippen MR) is 86.0 cm³/mol. The van der Waals surface area contributed by atoms with Crippen molar-refractivity contribution in [3.05, 3.63) is 59.9 Å². The highest BCUT2D eigenvalue weighted by Gasteiger charge is 2.21. The molecule has 0 saturated carbocycles. The summed E-state index contributed by atoms with van der Waals surface area (Å²) < 4.78 is 10.5. The lowest BCUT2D eigenvalue weighted by Crippen LogP contribution is -2.27. The highest BCUT2D eigenvalue weighted by Crippen LogP contribution is 2.35. The van der Waals surface area contributed by atoms with Gasteiger partial charge < -0.3 is 14.5 Å². The molecule has 2 N–H and O–H groups in total. The minimum Gasteiger partial charge on any atom is -0.493 e. The van der Waals surface area contributed by atoms with E-state index < -0.39 is 16.2 Å². The van der Waals surface area contributed by atoms with Crippen molar-refractivity contribution in [1.82, 2.24) is 9.97 Å². The number of nitrogens with one attached hydrogen (secondary N) is 2. The lowest BCUT2D eigenvalue weighted by atomic mass is 10.0. The minimum absolute atomic E-state index is 0.0294. The first-order chi connectivity index (χ1) is 11.4. The van der Waals surface area contributed by atoms with Gasteiger partial charge in [0.2, 0.25) is 0 Å². The maximum absolute atomic E-state index is 12.0. The SMILES string of the molecule is CCOc1cc(Cc2c(C)[nH]c(=O)[nH]c2=O)c([N+](=O)[O-])cc1OC. The number of aromatic amines is 2. The van der Waals surface area contributed by atoms with Gasteiger partial charge in [-0.2, -0.15) is 0 Å². The smallest absolute Gasteiger partial charge is 0.325 e. The Hall–Kier alpha value is -3.10. The summed E-state index contributed by atoms with van der Waals surface area (Å²) in [6.07, 6.45) is -0.0294. The lowest BCUT2D eigenvalue weighted by molar-refractivity contribution is -0.385. The number of aryl methyl sites for hydroxylation is 1. The monoisotopic (exact) mass is 335 g/mol. The fourth-order valence-electron chi connectivity index (χ4n) is 2.36. The molecule has 0 atom stereocenters. The number of rotatable bonds is 6. The summed E-state index contributed by atoms with van der Waals surface area (Å²) in [5, 5.41) is 11.3. The van der Waals surface area contributed by atoms with Gasteiger partial charge in [0.1, 0.15) is 0 Å². The van der Waals surface area contributed by atoms with Crippen LogP contribution >= 0.6 is 0 Å². The number of methoxy groups -OCH3 is 1. The third-order valence-corrected chi connectivity index (χ3v) is 3.48. The van der Waals surface area contributed by atoms with Crippen molar-refractivity contribution < 1.29 is 14.4 Å². The number of aromatic nitrogens is 2. The van der Waals surface area contributed by atoms with Gasteiger partial charge in [0.05, 0.1) is 24.7 Å². The van der Waals surface area contributed by atoms with E-state index >= 15 is 0 Å². The van der Waals surface area contributed by atoms with Gasteiger partial charge in [-0.15, -0.1) is 0 Å². The van der Waals surface area contributed by atoms with E-state index in [4.69, 9.17) is 9.47 Å². The zero-order chi connectivity index (χ0) is 17.9. The van der Waals surface area contributed by atoms with Gasteiger partial charge in [-0.3, -0.25) is 19.9 Å². The quantitative estimate of drug-likeness (QED) is 0.604. The van der Waals surface area contributed by atoms with E-state index in [1.54, 1.807) is 13.8 Å². The Balaban J connectivity index is 2.60. The first-order valence-corrected chi connectivity index (χ1v) is 7.17. The number of hydrogen-bond donors (Lipinski definition) is 2. The number of nitro benzene ring substituents is 1. The first-order valence-electron chi connectivity index (χ1n) is 7.17. The Kier molecular flexibility index (Phi) is 5.02. The van der Waals surface area contributed by atoms with Crippen molar-refractivity contribution in [2.75, 3.05) is 13.7 Å². The van der Waals surface area contributed by atoms with Crippen molar-refractivity contribution in [2.24, 2.45) is 0 Å². The largest absolute Gasteiger partial charge is 0.493 e. The van der Waals surface area contributed by atoms with Gasteiger partial charge in [-0.05, 0) is 19.9 Å². The molecule has 1 aromatic carbocycles. The van der Waals surface area contributed by atoms with E-state index in [-0.39, 0.29) is 29.0 Å². The third kappa shape index (κ3) is 3.45. The van der Waals surface area contributed by atoms with Crippen LogP contribution in [0.25, 0.3) is 0 Å². The molecule has 0 saturated heterocycles. The van der Waals surface area contributed by atoms with Gasteiger partial charge in [0.15, 0.2) is 11.5 Å². The summed E-state index contributed by atoms with van der Waals surface area (Å²) >= 11 is 0. The number of hydrogen-bond acceptors (Lipinski definition) is 6. The van der Waals surface area contributed by atoms with Crippen LogP contribution in [0, 0.1) is 17.0 Å². The Morgan fingerprint density at radius 1 is 1.21 bits per heavy atom. The lowest BCUT2D eigenvalue weighted by Gasteiger charge is -2.12. The summed E-state index contributed by atoms with van der Waals surface area (Å²) in [4.78, 5) is 38.6. The summed E-state index contributed by atoms with van der Waals surface area (Å²) in [5.74, 6) is 0.582. The fraction of sp³-hybridized carbons (Fsp3) is 0.333. The number of nitrogens with zero attached hydrogens (tertiary/aromatic N) is 1. The Morgan fingerprint density at radius 2 is 1.92 bits per heavy atom. The van der Waals surface area contributed by atoms with Gasteiger partial charge in [0.25, 0.3) is 11.2 Å². The van der Waals surface area contributed by atoms with Crippen LogP contribution in [0.3, 0.4) is 0 Å². The van der Waals surface area contributed by atoms with Crippen LogP contribution in [0.1, 0.15) is 23.7 Å². The Labute approximate surface area is 136 Å². The number of ether oxygens (including phenoxy) is 2. The second kappa shape index (κ2) is 6.99. The van der Waals surface area contributed by atoms with E-state index in [1.165, 1.54) is 19.2 Å². The molecule has 0 aliphatic heterocycles. The number of benzene rings is 1. The van der Waals surface area contributed by atoms with Crippen molar-refractivity contribution >= 4 is 5.69 Å². The van der Waals surface area contributed by atoms with E-state index in [2.05, 4.69) is 9.97 Å². The van der Waals surface area contributed by atoms with Gasteiger partial charge in [0, 0.05) is 23.2 Å². The van der Waals surface area contributed by atoms with Crippen molar-refractivity contribution in [3.63, 3.8) is 0 Å². The van der Waals surface area contributed by atoms with Crippen LogP contribution in [0.15, 0.2) is 21.7 Å². The molecule has 0 unspecified atom stereocenters. The van der Waals surface area contributed by atoms with Crippen LogP contribution < -0.4 is 20.7 Å². The molecule has 2 aromatic rings.